The first-order chi connectivity index (χ1) is 14.9. The average molecular weight is 436 g/mol. The van der Waals surface area contributed by atoms with E-state index in [0.29, 0.717) is 35.7 Å². The molecule has 172 valence electrons. The van der Waals surface area contributed by atoms with Crippen molar-refractivity contribution in [1.82, 2.24) is 0 Å². The predicted molar refractivity (Wildman–Crippen MR) is 114 cm³/mol. The van der Waals surface area contributed by atoms with Gasteiger partial charge in [0, 0.05) is 0 Å². The lowest BCUT2D eigenvalue weighted by Crippen LogP contribution is -2.32. The van der Waals surface area contributed by atoms with E-state index in [4.69, 9.17) is 23.7 Å². The maximum absolute atomic E-state index is 12.5. The number of methoxy groups -OCH3 is 3. The van der Waals surface area contributed by atoms with Crippen LogP contribution in [0.1, 0.15) is 57.9 Å². The molecule has 1 aromatic rings. The van der Waals surface area contributed by atoms with Gasteiger partial charge in [-0.15, -0.1) is 0 Å². The number of unbranched alkanes of at least 4 members (excludes halogenated alkanes) is 2. The summed E-state index contributed by atoms with van der Waals surface area (Å²) < 4.78 is 26.6. The van der Waals surface area contributed by atoms with Gasteiger partial charge in [0.05, 0.1) is 53.5 Å². The number of nitrogens with zero attached hydrogens (tertiary/aromatic N) is 1. The van der Waals surface area contributed by atoms with Crippen molar-refractivity contribution in [2.24, 2.45) is 0 Å². The number of hydrogen-bond donors (Lipinski definition) is 0. The number of ether oxygens (including phenoxy) is 5. The summed E-state index contributed by atoms with van der Waals surface area (Å²) in [7, 11) is 4.37. The zero-order valence-electron chi connectivity index (χ0n) is 19.1. The van der Waals surface area contributed by atoms with Crippen LogP contribution in [0.2, 0.25) is 0 Å². The average Bonchev–Trinajstić information content (AvgIpc) is 2.77. The molecule has 0 heterocycles. The Kier molecular flexibility index (Phi) is 11.3. The minimum atomic E-state index is -1.51. The molecule has 0 amide bonds. The Morgan fingerprint density at radius 2 is 1.32 bits per heavy atom. The zero-order chi connectivity index (χ0) is 23.3. The minimum Gasteiger partial charge on any atom is -0.493 e. The highest BCUT2D eigenvalue weighted by molar-refractivity contribution is 5.78. The van der Waals surface area contributed by atoms with Crippen molar-refractivity contribution < 1.29 is 33.3 Å². The predicted octanol–water partition coefficient (Wildman–Crippen LogP) is 3.94. The van der Waals surface area contributed by atoms with Gasteiger partial charge in [0.1, 0.15) is 5.41 Å². The summed E-state index contributed by atoms with van der Waals surface area (Å²) in [5.74, 6) is -0.155. The Labute approximate surface area is 184 Å². The Bertz CT molecular complexity index is 721. The SMILES string of the molecule is CCCCOC(=O)CC(C#N)(CC(=O)OCCCC)c1cc(OC)c(OC)c(OC)c1. The monoisotopic (exact) mass is 435 g/mol. The van der Waals surface area contributed by atoms with Crippen LogP contribution in [0.4, 0.5) is 0 Å². The lowest BCUT2D eigenvalue weighted by Gasteiger charge is -2.27. The molecule has 8 heteroatoms. The molecule has 0 bridgehead atoms. The maximum atomic E-state index is 12.5. The highest BCUT2D eigenvalue weighted by Crippen LogP contribution is 2.43. The van der Waals surface area contributed by atoms with E-state index in [1.807, 2.05) is 13.8 Å². The molecule has 0 N–H and O–H groups in total. The molecule has 0 atom stereocenters. The van der Waals surface area contributed by atoms with Crippen LogP contribution >= 0.6 is 0 Å². The molecule has 0 saturated heterocycles. The summed E-state index contributed by atoms with van der Waals surface area (Å²) >= 11 is 0. The van der Waals surface area contributed by atoms with Crippen LogP contribution in [0.3, 0.4) is 0 Å². The molecule has 0 fully saturated rings. The van der Waals surface area contributed by atoms with Crippen LogP contribution in [-0.4, -0.2) is 46.5 Å². The van der Waals surface area contributed by atoms with Gasteiger partial charge >= 0.3 is 11.9 Å². The molecule has 0 saturated carbocycles. The molecule has 1 aromatic carbocycles. The third kappa shape index (κ3) is 7.35. The number of esters is 2. The van der Waals surface area contributed by atoms with E-state index in [-0.39, 0.29) is 26.1 Å². The van der Waals surface area contributed by atoms with Gasteiger partial charge in [0.15, 0.2) is 11.5 Å². The van der Waals surface area contributed by atoms with Crippen LogP contribution in [0.5, 0.6) is 17.2 Å². The van der Waals surface area contributed by atoms with Gasteiger partial charge in [0.2, 0.25) is 5.75 Å². The summed E-state index contributed by atoms with van der Waals surface area (Å²) in [5.41, 5.74) is -1.14. The molecule has 0 unspecified atom stereocenters. The molecular formula is C23H33NO7. The van der Waals surface area contributed by atoms with E-state index in [1.54, 1.807) is 12.1 Å². The quantitative estimate of drug-likeness (QED) is 0.320. The number of carbonyl (C=O) groups excluding carboxylic acids is 2. The number of hydrogen-bond acceptors (Lipinski definition) is 8. The van der Waals surface area contributed by atoms with Crippen molar-refractivity contribution >= 4 is 11.9 Å². The largest absolute Gasteiger partial charge is 0.493 e. The van der Waals surface area contributed by atoms with E-state index in [0.717, 1.165) is 12.8 Å². The fourth-order valence-electron chi connectivity index (χ4n) is 3.02. The lowest BCUT2D eigenvalue weighted by atomic mass is 9.76. The summed E-state index contributed by atoms with van der Waals surface area (Å²) in [6, 6.07) is 5.31. The molecule has 0 aromatic heterocycles. The summed E-state index contributed by atoms with van der Waals surface area (Å²) in [6.45, 7) is 4.48. The Morgan fingerprint density at radius 3 is 1.65 bits per heavy atom. The standard InChI is InChI=1S/C23H33NO7/c1-6-8-10-30-20(25)14-23(16-24,15-21(26)31-11-9-7-2)17-12-18(27-3)22(29-5)19(13-17)28-4/h12-13H,6-11,14-15H2,1-5H3. The molecule has 0 aliphatic heterocycles. The van der Waals surface area contributed by atoms with E-state index in [2.05, 4.69) is 6.07 Å². The molecule has 0 radical (unpaired) electrons. The fraction of sp³-hybridized carbons (Fsp3) is 0.609. The van der Waals surface area contributed by atoms with Crippen LogP contribution in [-0.2, 0) is 24.5 Å². The molecule has 1 rings (SSSR count). The van der Waals surface area contributed by atoms with Crippen LogP contribution in [0, 0.1) is 11.3 Å². The van der Waals surface area contributed by atoms with Crippen molar-refractivity contribution in [3.05, 3.63) is 17.7 Å². The molecule has 0 aliphatic carbocycles. The van der Waals surface area contributed by atoms with E-state index in [1.165, 1.54) is 21.3 Å². The third-order valence-corrected chi connectivity index (χ3v) is 4.85. The van der Waals surface area contributed by atoms with Gasteiger partial charge < -0.3 is 23.7 Å². The molecule has 31 heavy (non-hydrogen) atoms. The number of benzene rings is 1. The van der Waals surface area contributed by atoms with Gasteiger partial charge in [-0.2, -0.15) is 5.26 Å². The lowest BCUT2D eigenvalue weighted by molar-refractivity contribution is -0.147. The van der Waals surface area contributed by atoms with Gasteiger partial charge in [-0.1, -0.05) is 26.7 Å². The first kappa shape index (κ1) is 26.1. The van der Waals surface area contributed by atoms with Crippen molar-refractivity contribution in [3.63, 3.8) is 0 Å². The molecule has 8 nitrogen and oxygen atoms in total. The normalized spacial score (nSPS) is 10.7. The van der Waals surface area contributed by atoms with Crippen LogP contribution in [0.25, 0.3) is 0 Å². The van der Waals surface area contributed by atoms with Gasteiger partial charge in [-0.3, -0.25) is 9.59 Å². The first-order valence-corrected chi connectivity index (χ1v) is 10.4. The Morgan fingerprint density at radius 1 is 0.871 bits per heavy atom. The second kappa shape index (κ2) is 13.4. The fourth-order valence-corrected chi connectivity index (χ4v) is 3.02. The van der Waals surface area contributed by atoms with Gasteiger partial charge in [0.25, 0.3) is 0 Å². The van der Waals surface area contributed by atoms with Crippen LogP contribution < -0.4 is 14.2 Å². The van der Waals surface area contributed by atoms with E-state index >= 15 is 0 Å². The number of carbonyl (C=O) groups is 2. The third-order valence-electron chi connectivity index (χ3n) is 4.85. The summed E-state index contributed by atoms with van der Waals surface area (Å²) in [5, 5.41) is 10.1. The van der Waals surface area contributed by atoms with Crippen molar-refractivity contribution in [2.75, 3.05) is 34.5 Å². The number of nitriles is 1. The number of rotatable bonds is 14. The van der Waals surface area contributed by atoms with Gasteiger partial charge in [-0.05, 0) is 30.5 Å². The summed E-state index contributed by atoms with van der Waals surface area (Å²) in [4.78, 5) is 25.1. The first-order valence-electron chi connectivity index (χ1n) is 10.4. The van der Waals surface area contributed by atoms with Gasteiger partial charge in [-0.25, -0.2) is 0 Å². The zero-order valence-corrected chi connectivity index (χ0v) is 19.1. The highest BCUT2D eigenvalue weighted by atomic mass is 16.5. The molecule has 0 spiro atoms. The topological polar surface area (TPSA) is 104 Å². The maximum Gasteiger partial charge on any atom is 0.307 e. The second-order valence-corrected chi connectivity index (χ2v) is 7.11. The van der Waals surface area contributed by atoms with E-state index in [9.17, 15) is 14.9 Å². The van der Waals surface area contributed by atoms with Crippen LogP contribution in [0.15, 0.2) is 12.1 Å². The second-order valence-electron chi connectivity index (χ2n) is 7.11. The van der Waals surface area contributed by atoms with Crippen molar-refractivity contribution in [1.29, 1.82) is 5.26 Å². The smallest absolute Gasteiger partial charge is 0.307 e. The Hall–Kier alpha value is -2.95. The van der Waals surface area contributed by atoms with Crippen molar-refractivity contribution in [3.8, 4) is 23.3 Å². The van der Waals surface area contributed by atoms with E-state index < -0.39 is 17.4 Å². The highest BCUT2D eigenvalue weighted by Gasteiger charge is 2.40. The summed E-state index contributed by atoms with van der Waals surface area (Å²) in [6.07, 6.45) is 2.55. The van der Waals surface area contributed by atoms with Crippen molar-refractivity contribution in [2.45, 2.75) is 57.8 Å². The Balaban J connectivity index is 3.38. The minimum absolute atomic E-state index is 0.257. The molecular weight excluding hydrogens is 402 g/mol. The molecule has 0 aliphatic rings.